The average molecular weight is 791 g/mol. The van der Waals surface area contributed by atoms with Gasteiger partial charge in [-0.05, 0) is 64.0 Å². The minimum absolute atomic E-state index is 0.0515. The first-order valence-corrected chi connectivity index (χ1v) is 24.5. The lowest BCUT2D eigenvalue weighted by molar-refractivity contribution is -0.147. The summed E-state index contributed by atoms with van der Waals surface area (Å²) in [6.45, 7) is 4.96. The summed E-state index contributed by atoms with van der Waals surface area (Å²) in [5.74, 6) is -1.25. The van der Waals surface area contributed by atoms with Crippen LogP contribution in [0, 0.1) is 0 Å². The Morgan fingerprint density at radius 1 is 0.518 bits per heavy atom. The minimum Gasteiger partial charge on any atom is -0.480 e. The first kappa shape index (κ1) is 54.1. The van der Waals surface area contributed by atoms with E-state index in [9.17, 15) is 19.5 Å². The predicted octanol–water partition coefficient (Wildman–Crippen LogP) is 14.2. The molecule has 0 bridgehead atoms. The third kappa shape index (κ3) is 40.3. The molecule has 0 aromatic carbocycles. The summed E-state index contributed by atoms with van der Waals surface area (Å²) in [6, 6.07) is -0.851. The lowest BCUT2D eigenvalue weighted by atomic mass is 10.0. The Balaban J connectivity index is 4.13. The summed E-state index contributed by atoms with van der Waals surface area (Å²) < 4.78 is 5.99. The zero-order chi connectivity index (χ0) is 41.0. The van der Waals surface area contributed by atoms with E-state index < -0.39 is 12.0 Å². The van der Waals surface area contributed by atoms with Crippen LogP contribution in [0.3, 0.4) is 0 Å². The van der Waals surface area contributed by atoms with Crippen molar-refractivity contribution in [2.24, 2.45) is 5.73 Å². The molecular weight excluding hydrogens is 697 g/mol. The molecular formula is C49H94N2O5. The number of ether oxygens (including phenoxy) is 1. The van der Waals surface area contributed by atoms with Crippen molar-refractivity contribution in [1.29, 1.82) is 0 Å². The maximum absolute atomic E-state index is 12.8. The molecule has 0 saturated heterocycles. The SMILES string of the molecule is CCCCCCCCC/C=C\C(CCCCCCCCC(=O)NC(CCCN)C(=O)O)OC(=O)CCCCCCCCCCCCCCCCCCCCCC. The third-order valence-electron chi connectivity index (χ3n) is 11.3. The highest BCUT2D eigenvalue weighted by Gasteiger charge is 2.19. The highest BCUT2D eigenvalue weighted by atomic mass is 16.5. The number of carbonyl (C=O) groups is 3. The van der Waals surface area contributed by atoms with Gasteiger partial charge in [0.1, 0.15) is 12.1 Å². The molecule has 330 valence electrons. The topological polar surface area (TPSA) is 119 Å². The number of unbranched alkanes of at least 4 members (excludes halogenated alkanes) is 31. The second-order valence-corrected chi connectivity index (χ2v) is 16.9. The summed E-state index contributed by atoms with van der Waals surface area (Å²) in [5, 5.41) is 11.9. The first-order valence-electron chi connectivity index (χ1n) is 24.5. The van der Waals surface area contributed by atoms with Crippen LogP contribution < -0.4 is 11.1 Å². The summed E-state index contributed by atoms with van der Waals surface area (Å²) in [6.07, 6.45) is 50.1. The van der Waals surface area contributed by atoms with Crippen LogP contribution in [0.25, 0.3) is 0 Å². The van der Waals surface area contributed by atoms with Crippen LogP contribution in [0.1, 0.15) is 264 Å². The number of nitrogens with two attached hydrogens (primary N) is 1. The van der Waals surface area contributed by atoms with Crippen molar-refractivity contribution in [1.82, 2.24) is 5.32 Å². The summed E-state index contributed by atoms with van der Waals surface area (Å²) >= 11 is 0. The van der Waals surface area contributed by atoms with Crippen LogP contribution in [0.15, 0.2) is 12.2 Å². The number of rotatable bonds is 45. The number of aliphatic carboxylic acids is 1. The summed E-state index contributed by atoms with van der Waals surface area (Å²) in [5.41, 5.74) is 5.48. The number of carboxylic acid groups (broad SMARTS) is 1. The number of carbonyl (C=O) groups excluding carboxylic acids is 2. The molecule has 0 saturated carbocycles. The number of hydrogen-bond donors (Lipinski definition) is 3. The van der Waals surface area contributed by atoms with Gasteiger partial charge in [0.05, 0.1) is 0 Å². The van der Waals surface area contributed by atoms with Crippen molar-refractivity contribution in [3.05, 3.63) is 12.2 Å². The number of amides is 1. The highest BCUT2D eigenvalue weighted by Crippen LogP contribution is 2.17. The van der Waals surface area contributed by atoms with E-state index in [0.29, 0.717) is 32.2 Å². The van der Waals surface area contributed by atoms with Crippen LogP contribution in [-0.4, -0.2) is 41.6 Å². The smallest absolute Gasteiger partial charge is 0.326 e. The van der Waals surface area contributed by atoms with Gasteiger partial charge in [0, 0.05) is 12.8 Å². The molecule has 0 aliphatic carbocycles. The number of nitrogens with one attached hydrogen (secondary N) is 1. The fourth-order valence-electron chi connectivity index (χ4n) is 7.60. The fourth-order valence-corrected chi connectivity index (χ4v) is 7.60. The van der Waals surface area contributed by atoms with Crippen molar-refractivity contribution in [3.8, 4) is 0 Å². The van der Waals surface area contributed by atoms with Crippen molar-refractivity contribution >= 4 is 17.8 Å². The lowest BCUT2D eigenvalue weighted by Crippen LogP contribution is -2.40. The summed E-state index contributed by atoms with van der Waals surface area (Å²) in [4.78, 5) is 36.3. The van der Waals surface area contributed by atoms with Crippen LogP contribution in [0.2, 0.25) is 0 Å². The van der Waals surface area contributed by atoms with Crippen molar-refractivity contribution in [3.63, 3.8) is 0 Å². The largest absolute Gasteiger partial charge is 0.480 e. The molecule has 7 nitrogen and oxygen atoms in total. The maximum atomic E-state index is 12.8. The van der Waals surface area contributed by atoms with Gasteiger partial charge in [-0.1, -0.05) is 206 Å². The second-order valence-electron chi connectivity index (χ2n) is 16.9. The minimum atomic E-state index is -1.00. The Morgan fingerprint density at radius 3 is 1.34 bits per heavy atom. The maximum Gasteiger partial charge on any atom is 0.326 e. The third-order valence-corrected chi connectivity index (χ3v) is 11.3. The van der Waals surface area contributed by atoms with Crippen molar-refractivity contribution < 1.29 is 24.2 Å². The molecule has 7 heteroatoms. The van der Waals surface area contributed by atoms with Gasteiger partial charge in [0.2, 0.25) is 5.91 Å². The quantitative estimate of drug-likeness (QED) is 0.0321. The Bertz CT molecular complexity index is 894. The number of carboxylic acids is 1. The first-order chi connectivity index (χ1) is 27.4. The van der Waals surface area contributed by atoms with Crippen LogP contribution in [0.5, 0.6) is 0 Å². The second kappa shape index (κ2) is 44.2. The molecule has 0 aliphatic rings. The van der Waals surface area contributed by atoms with Gasteiger partial charge >= 0.3 is 11.9 Å². The highest BCUT2D eigenvalue weighted by molar-refractivity contribution is 5.83. The molecule has 0 radical (unpaired) electrons. The van der Waals surface area contributed by atoms with Crippen LogP contribution >= 0.6 is 0 Å². The Labute approximate surface area is 347 Å². The molecule has 0 aromatic rings. The molecule has 4 N–H and O–H groups in total. The van der Waals surface area contributed by atoms with E-state index >= 15 is 0 Å². The van der Waals surface area contributed by atoms with Gasteiger partial charge in [-0.25, -0.2) is 4.79 Å². The zero-order valence-electron chi connectivity index (χ0n) is 37.3. The van der Waals surface area contributed by atoms with Crippen molar-refractivity contribution in [2.75, 3.05) is 6.54 Å². The molecule has 0 spiro atoms. The van der Waals surface area contributed by atoms with E-state index in [1.165, 1.54) is 161 Å². The van der Waals surface area contributed by atoms with E-state index in [4.69, 9.17) is 10.5 Å². The molecule has 1 amide bonds. The molecule has 0 rings (SSSR count). The van der Waals surface area contributed by atoms with Gasteiger partial charge in [-0.2, -0.15) is 0 Å². The zero-order valence-corrected chi connectivity index (χ0v) is 37.3. The number of allylic oxidation sites excluding steroid dienone is 1. The molecule has 0 fully saturated rings. The Morgan fingerprint density at radius 2 is 0.911 bits per heavy atom. The molecule has 2 atom stereocenters. The standard InChI is InChI=1S/C49H94N2O5/c1-3-5-7-9-11-13-14-15-16-17-18-19-20-21-22-23-25-27-33-37-43-48(53)56-45(39-34-30-26-24-12-10-8-6-4-2)40-35-31-28-29-32-36-42-47(52)51-46(49(54)55)41-38-44-50/h34,39,45-46H,3-33,35-38,40-44,50H2,1-2H3,(H,51,52)(H,54,55)/b39-34-. The van der Waals surface area contributed by atoms with Crippen LogP contribution in [-0.2, 0) is 19.1 Å². The van der Waals surface area contributed by atoms with Gasteiger partial charge in [-0.15, -0.1) is 0 Å². The van der Waals surface area contributed by atoms with E-state index in [0.717, 1.165) is 64.2 Å². The molecule has 0 aliphatic heterocycles. The molecule has 56 heavy (non-hydrogen) atoms. The van der Waals surface area contributed by atoms with Crippen LogP contribution in [0.4, 0.5) is 0 Å². The Kier molecular flexibility index (Phi) is 42.7. The Hall–Kier alpha value is -1.89. The molecule has 0 aromatic heterocycles. The normalized spacial score (nSPS) is 12.6. The van der Waals surface area contributed by atoms with Gasteiger partial charge in [0.15, 0.2) is 0 Å². The van der Waals surface area contributed by atoms with E-state index in [1.54, 1.807) is 0 Å². The van der Waals surface area contributed by atoms with Gasteiger partial charge in [0.25, 0.3) is 0 Å². The van der Waals surface area contributed by atoms with E-state index in [1.807, 2.05) is 0 Å². The molecule has 0 heterocycles. The predicted molar refractivity (Wildman–Crippen MR) is 239 cm³/mol. The van der Waals surface area contributed by atoms with Gasteiger partial charge in [-0.3, -0.25) is 9.59 Å². The number of esters is 1. The van der Waals surface area contributed by atoms with E-state index in [2.05, 4.69) is 31.3 Å². The van der Waals surface area contributed by atoms with E-state index in [-0.39, 0.29) is 18.0 Å². The molecule has 2 unspecified atom stereocenters. The average Bonchev–Trinajstić information content (AvgIpc) is 3.18. The lowest BCUT2D eigenvalue weighted by Gasteiger charge is -2.15. The van der Waals surface area contributed by atoms with Gasteiger partial charge < -0.3 is 20.9 Å². The van der Waals surface area contributed by atoms with Crippen molar-refractivity contribution in [2.45, 2.75) is 276 Å². The summed E-state index contributed by atoms with van der Waals surface area (Å²) in [7, 11) is 0. The monoisotopic (exact) mass is 791 g/mol. The number of hydrogen-bond acceptors (Lipinski definition) is 5. The fraction of sp³-hybridized carbons (Fsp3) is 0.898.